The fourth-order valence-corrected chi connectivity index (χ4v) is 3.20. The summed E-state index contributed by atoms with van der Waals surface area (Å²) in [6, 6.07) is 13.2. The third kappa shape index (κ3) is 3.24. The molecule has 2 aromatic rings. The van der Waals surface area contributed by atoms with E-state index in [-0.39, 0.29) is 6.04 Å². The molecule has 0 fully saturated rings. The van der Waals surface area contributed by atoms with Crippen molar-refractivity contribution in [2.24, 2.45) is 5.84 Å². The summed E-state index contributed by atoms with van der Waals surface area (Å²) in [6.07, 6.45) is 1.08. The molecule has 0 aliphatic rings. The smallest absolute Gasteiger partial charge is 0.0802 e. The predicted molar refractivity (Wildman–Crippen MR) is 83.4 cm³/mol. The number of nitrogens with one attached hydrogen (secondary N) is 1. The molecule has 3 N–H and O–H groups in total. The Bertz CT molecular complexity index is 514. The lowest BCUT2D eigenvalue weighted by molar-refractivity contribution is 0.646. The Morgan fingerprint density at radius 1 is 1.05 bits per heavy atom. The van der Waals surface area contributed by atoms with E-state index in [0.717, 1.165) is 6.42 Å². The molecule has 1 aromatic heterocycles. The van der Waals surface area contributed by atoms with Gasteiger partial charge in [0, 0.05) is 9.75 Å². The summed E-state index contributed by atoms with van der Waals surface area (Å²) in [5, 5.41) is 0. The molecule has 1 aromatic carbocycles. The van der Waals surface area contributed by atoms with Crippen LogP contribution >= 0.6 is 11.3 Å². The van der Waals surface area contributed by atoms with Gasteiger partial charge in [-0.1, -0.05) is 45.0 Å². The minimum atomic E-state index is 0.0894. The molecule has 102 valence electrons. The average molecular weight is 274 g/mol. The summed E-state index contributed by atoms with van der Waals surface area (Å²) in [7, 11) is 0. The summed E-state index contributed by atoms with van der Waals surface area (Å²) < 4.78 is 0. The van der Waals surface area contributed by atoms with Crippen molar-refractivity contribution >= 4 is 11.3 Å². The van der Waals surface area contributed by atoms with Gasteiger partial charge in [-0.05, 0) is 35.6 Å². The zero-order valence-corrected chi connectivity index (χ0v) is 12.6. The Morgan fingerprint density at radius 3 is 2.16 bits per heavy atom. The van der Waals surface area contributed by atoms with Crippen molar-refractivity contribution in [3.63, 3.8) is 0 Å². The molecule has 19 heavy (non-hydrogen) atoms. The van der Waals surface area contributed by atoms with Crippen LogP contribution in [-0.2, 0) is 6.42 Å². The van der Waals surface area contributed by atoms with Gasteiger partial charge in [-0.25, -0.2) is 5.43 Å². The lowest BCUT2D eigenvalue weighted by Gasteiger charge is -2.16. The second-order valence-electron chi connectivity index (χ2n) is 5.08. The highest BCUT2D eigenvalue weighted by Gasteiger charge is 2.14. The minimum absolute atomic E-state index is 0.0894. The van der Waals surface area contributed by atoms with Gasteiger partial charge in [0.1, 0.15) is 0 Å². The van der Waals surface area contributed by atoms with Crippen molar-refractivity contribution < 1.29 is 0 Å². The number of benzene rings is 1. The molecular formula is C16H22N2S. The molecular weight excluding hydrogens is 252 g/mol. The van der Waals surface area contributed by atoms with Crippen LogP contribution in [0.1, 0.15) is 53.6 Å². The predicted octanol–water partition coefficient (Wildman–Crippen LogP) is 3.99. The van der Waals surface area contributed by atoms with Crippen LogP contribution in [0.3, 0.4) is 0 Å². The van der Waals surface area contributed by atoms with E-state index in [1.165, 1.54) is 20.9 Å². The molecule has 0 aliphatic carbocycles. The highest BCUT2D eigenvalue weighted by Crippen LogP contribution is 2.29. The first-order valence-electron chi connectivity index (χ1n) is 6.80. The SMILES string of the molecule is CCc1ccc(C(NN)c2ccc(C(C)C)cc2)s1. The van der Waals surface area contributed by atoms with E-state index in [1.54, 1.807) is 0 Å². The molecule has 0 saturated heterocycles. The largest absolute Gasteiger partial charge is 0.271 e. The molecule has 0 spiro atoms. The summed E-state index contributed by atoms with van der Waals surface area (Å²) in [6.45, 7) is 6.60. The molecule has 2 rings (SSSR count). The van der Waals surface area contributed by atoms with Crippen molar-refractivity contribution in [2.45, 2.75) is 39.2 Å². The molecule has 1 unspecified atom stereocenters. The molecule has 1 atom stereocenters. The minimum Gasteiger partial charge on any atom is -0.271 e. The van der Waals surface area contributed by atoms with Crippen LogP contribution in [0, 0.1) is 0 Å². The van der Waals surface area contributed by atoms with Gasteiger partial charge in [0.05, 0.1) is 6.04 Å². The van der Waals surface area contributed by atoms with Crippen molar-refractivity contribution in [3.05, 3.63) is 57.3 Å². The van der Waals surface area contributed by atoms with Crippen LogP contribution in [0.2, 0.25) is 0 Å². The van der Waals surface area contributed by atoms with Crippen molar-refractivity contribution in [3.8, 4) is 0 Å². The van der Waals surface area contributed by atoms with E-state index in [0.29, 0.717) is 5.92 Å². The van der Waals surface area contributed by atoms with Crippen LogP contribution < -0.4 is 11.3 Å². The van der Waals surface area contributed by atoms with Gasteiger partial charge in [0.25, 0.3) is 0 Å². The average Bonchev–Trinajstić information content (AvgIpc) is 2.89. The number of hydrazine groups is 1. The molecule has 0 aliphatic heterocycles. The van der Waals surface area contributed by atoms with Crippen LogP contribution in [0.15, 0.2) is 36.4 Å². The molecule has 3 heteroatoms. The lowest BCUT2D eigenvalue weighted by atomic mass is 9.99. The molecule has 0 bridgehead atoms. The number of aryl methyl sites for hydroxylation is 1. The van der Waals surface area contributed by atoms with Crippen molar-refractivity contribution in [1.29, 1.82) is 0 Å². The number of hydrogen-bond donors (Lipinski definition) is 2. The quantitative estimate of drug-likeness (QED) is 0.639. The van der Waals surface area contributed by atoms with Gasteiger partial charge in [-0.2, -0.15) is 0 Å². The third-order valence-electron chi connectivity index (χ3n) is 3.42. The second-order valence-corrected chi connectivity index (χ2v) is 6.28. The van der Waals surface area contributed by atoms with E-state index < -0.39 is 0 Å². The fraction of sp³-hybridized carbons (Fsp3) is 0.375. The highest BCUT2D eigenvalue weighted by molar-refractivity contribution is 7.12. The maximum Gasteiger partial charge on any atom is 0.0802 e. The van der Waals surface area contributed by atoms with Gasteiger partial charge in [-0.3, -0.25) is 5.84 Å². The van der Waals surface area contributed by atoms with E-state index in [9.17, 15) is 0 Å². The maximum absolute atomic E-state index is 5.74. The van der Waals surface area contributed by atoms with Gasteiger partial charge in [-0.15, -0.1) is 11.3 Å². The van der Waals surface area contributed by atoms with E-state index >= 15 is 0 Å². The molecule has 0 radical (unpaired) electrons. The number of hydrogen-bond acceptors (Lipinski definition) is 3. The van der Waals surface area contributed by atoms with Crippen LogP contribution in [0.25, 0.3) is 0 Å². The number of rotatable bonds is 5. The molecule has 0 saturated carbocycles. The first kappa shape index (κ1) is 14.3. The van der Waals surface area contributed by atoms with Gasteiger partial charge >= 0.3 is 0 Å². The number of nitrogens with two attached hydrogens (primary N) is 1. The van der Waals surface area contributed by atoms with Gasteiger partial charge in [0.2, 0.25) is 0 Å². The Labute approximate surface area is 119 Å². The van der Waals surface area contributed by atoms with Crippen molar-refractivity contribution in [2.75, 3.05) is 0 Å². The Kier molecular flexibility index (Phi) is 4.75. The van der Waals surface area contributed by atoms with Crippen molar-refractivity contribution in [1.82, 2.24) is 5.43 Å². The molecule has 0 amide bonds. The Morgan fingerprint density at radius 2 is 1.68 bits per heavy atom. The first-order chi connectivity index (χ1) is 9.15. The van der Waals surface area contributed by atoms with Crippen LogP contribution in [0.4, 0.5) is 0 Å². The van der Waals surface area contributed by atoms with Crippen LogP contribution in [0.5, 0.6) is 0 Å². The second kappa shape index (κ2) is 6.33. The maximum atomic E-state index is 5.74. The van der Waals surface area contributed by atoms with Gasteiger partial charge < -0.3 is 0 Å². The van der Waals surface area contributed by atoms with Gasteiger partial charge in [0.15, 0.2) is 0 Å². The zero-order chi connectivity index (χ0) is 13.8. The topological polar surface area (TPSA) is 38.0 Å². The highest BCUT2D eigenvalue weighted by atomic mass is 32.1. The van der Waals surface area contributed by atoms with E-state index in [2.05, 4.69) is 62.6 Å². The normalized spacial score (nSPS) is 12.9. The third-order valence-corrected chi connectivity index (χ3v) is 4.71. The summed E-state index contributed by atoms with van der Waals surface area (Å²) in [5.41, 5.74) is 5.51. The summed E-state index contributed by atoms with van der Waals surface area (Å²) >= 11 is 1.83. The first-order valence-corrected chi connectivity index (χ1v) is 7.62. The fourth-order valence-electron chi connectivity index (χ4n) is 2.16. The lowest BCUT2D eigenvalue weighted by Crippen LogP contribution is -2.28. The standard InChI is InChI=1S/C16H22N2S/c1-4-14-9-10-15(19-14)16(18-17)13-7-5-12(6-8-13)11(2)3/h5-11,16,18H,4,17H2,1-3H3. The van der Waals surface area contributed by atoms with E-state index in [4.69, 9.17) is 5.84 Å². The Balaban J connectivity index is 2.26. The summed E-state index contributed by atoms with van der Waals surface area (Å²) in [4.78, 5) is 2.67. The molecule has 2 nitrogen and oxygen atoms in total. The summed E-state index contributed by atoms with van der Waals surface area (Å²) in [5.74, 6) is 6.30. The zero-order valence-electron chi connectivity index (χ0n) is 11.8. The monoisotopic (exact) mass is 274 g/mol. The Hall–Kier alpha value is -1.16. The van der Waals surface area contributed by atoms with E-state index in [1.807, 2.05) is 11.3 Å². The van der Waals surface area contributed by atoms with Crippen LogP contribution in [-0.4, -0.2) is 0 Å². The molecule has 1 heterocycles. The number of thiophene rings is 1.